The van der Waals surface area contributed by atoms with E-state index in [1.165, 1.54) is 11.5 Å². The molecule has 0 saturated heterocycles. The molecule has 21 heavy (non-hydrogen) atoms. The van der Waals surface area contributed by atoms with E-state index in [9.17, 15) is 9.90 Å². The minimum absolute atomic E-state index is 0.293. The van der Waals surface area contributed by atoms with Crippen LogP contribution in [-0.4, -0.2) is 28.2 Å². The SMILES string of the molecule is O=C(NCC(O)C1CC1)Nc1cc(-c2ccccc2)ns1. The Hall–Kier alpha value is -1.92. The third kappa shape index (κ3) is 3.80. The van der Waals surface area contributed by atoms with Gasteiger partial charge < -0.3 is 10.4 Å². The number of hydrogen-bond acceptors (Lipinski definition) is 4. The second kappa shape index (κ2) is 6.24. The van der Waals surface area contributed by atoms with E-state index in [0.29, 0.717) is 17.5 Å². The lowest BCUT2D eigenvalue weighted by atomic mass is 10.2. The minimum Gasteiger partial charge on any atom is -0.391 e. The summed E-state index contributed by atoms with van der Waals surface area (Å²) >= 11 is 1.24. The molecule has 6 heteroatoms. The molecule has 1 unspecified atom stereocenters. The zero-order chi connectivity index (χ0) is 14.7. The average molecular weight is 303 g/mol. The monoisotopic (exact) mass is 303 g/mol. The van der Waals surface area contributed by atoms with Gasteiger partial charge in [0, 0.05) is 18.2 Å². The van der Waals surface area contributed by atoms with Gasteiger partial charge in [0.15, 0.2) is 0 Å². The highest BCUT2D eigenvalue weighted by atomic mass is 32.1. The Morgan fingerprint density at radius 1 is 1.38 bits per heavy atom. The molecule has 1 fully saturated rings. The first-order valence-electron chi connectivity index (χ1n) is 6.97. The van der Waals surface area contributed by atoms with Crippen molar-refractivity contribution in [3.05, 3.63) is 36.4 Å². The van der Waals surface area contributed by atoms with Gasteiger partial charge >= 0.3 is 6.03 Å². The molecule has 3 rings (SSSR count). The maximum absolute atomic E-state index is 11.8. The van der Waals surface area contributed by atoms with Crippen molar-refractivity contribution < 1.29 is 9.90 Å². The number of aliphatic hydroxyl groups is 1. The molecule has 0 bridgehead atoms. The van der Waals surface area contributed by atoms with E-state index in [-0.39, 0.29) is 6.03 Å². The van der Waals surface area contributed by atoms with E-state index < -0.39 is 6.10 Å². The first-order chi connectivity index (χ1) is 10.2. The normalized spacial score (nSPS) is 15.5. The van der Waals surface area contributed by atoms with E-state index in [1.54, 1.807) is 0 Å². The van der Waals surface area contributed by atoms with Crippen molar-refractivity contribution in [2.24, 2.45) is 5.92 Å². The predicted molar refractivity (Wildman–Crippen MR) is 83.3 cm³/mol. The van der Waals surface area contributed by atoms with Crippen molar-refractivity contribution in [2.45, 2.75) is 18.9 Å². The Balaban J connectivity index is 1.53. The number of amides is 2. The van der Waals surface area contributed by atoms with Gasteiger partial charge in [-0.25, -0.2) is 4.79 Å². The molecule has 2 aromatic rings. The van der Waals surface area contributed by atoms with Crippen LogP contribution in [0.15, 0.2) is 36.4 Å². The first kappa shape index (κ1) is 14.0. The van der Waals surface area contributed by atoms with Crippen LogP contribution in [0.5, 0.6) is 0 Å². The topological polar surface area (TPSA) is 74.2 Å². The maximum atomic E-state index is 11.8. The number of urea groups is 1. The van der Waals surface area contributed by atoms with Gasteiger partial charge in [0.2, 0.25) is 0 Å². The number of aromatic nitrogens is 1. The number of aliphatic hydroxyl groups excluding tert-OH is 1. The average Bonchev–Trinajstić information content (AvgIpc) is 3.26. The van der Waals surface area contributed by atoms with Crippen molar-refractivity contribution in [1.29, 1.82) is 0 Å². The molecule has 1 aliphatic rings. The largest absolute Gasteiger partial charge is 0.391 e. The first-order valence-corrected chi connectivity index (χ1v) is 7.75. The van der Waals surface area contributed by atoms with Crippen LogP contribution in [0.25, 0.3) is 11.3 Å². The van der Waals surface area contributed by atoms with Crippen molar-refractivity contribution >= 4 is 22.6 Å². The smallest absolute Gasteiger partial charge is 0.319 e. The molecule has 110 valence electrons. The molecule has 1 heterocycles. The summed E-state index contributed by atoms with van der Waals surface area (Å²) in [4.78, 5) is 11.8. The third-order valence-corrected chi connectivity index (χ3v) is 4.16. The lowest BCUT2D eigenvalue weighted by Gasteiger charge is -2.10. The molecule has 5 nitrogen and oxygen atoms in total. The molecule has 1 saturated carbocycles. The highest BCUT2D eigenvalue weighted by molar-refractivity contribution is 7.10. The van der Waals surface area contributed by atoms with Gasteiger partial charge in [0.25, 0.3) is 0 Å². The van der Waals surface area contributed by atoms with Crippen LogP contribution in [0.1, 0.15) is 12.8 Å². The number of nitrogens with one attached hydrogen (secondary N) is 2. The molecule has 1 aromatic carbocycles. The molecule has 1 aromatic heterocycles. The van der Waals surface area contributed by atoms with Gasteiger partial charge in [0.1, 0.15) is 5.00 Å². The van der Waals surface area contributed by atoms with Crippen molar-refractivity contribution in [3.63, 3.8) is 0 Å². The number of rotatable bonds is 5. The van der Waals surface area contributed by atoms with Crippen molar-refractivity contribution in [2.75, 3.05) is 11.9 Å². The summed E-state index contributed by atoms with van der Waals surface area (Å²) in [7, 11) is 0. The fraction of sp³-hybridized carbons (Fsp3) is 0.333. The highest BCUT2D eigenvalue weighted by Gasteiger charge is 2.29. The number of nitrogens with zero attached hydrogens (tertiary/aromatic N) is 1. The fourth-order valence-electron chi connectivity index (χ4n) is 2.08. The van der Waals surface area contributed by atoms with Crippen LogP contribution < -0.4 is 10.6 Å². The third-order valence-electron chi connectivity index (χ3n) is 3.45. The molecule has 1 atom stereocenters. The summed E-state index contributed by atoms with van der Waals surface area (Å²) in [6, 6.07) is 11.3. The van der Waals surface area contributed by atoms with Gasteiger partial charge in [-0.05, 0) is 30.3 Å². The lowest BCUT2D eigenvalue weighted by Crippen LogP contribution is -2.35. The molecule has 2 amide bonds. The minimum atomic E-state index is -0.433. The highest BCUT2D eigenvalue weighted by Crippen LogP contribution is 2.32. The van der Waals surface area contributed by atoms with Crippen LogP contribution in [0.3, 0.4) is 0 Å². The van der Waals surface area contributed by atoms with E-state index in [2.05, 4.69) is 15.0 Å². The van der Waals surface area contributed by atoms with Gasteiger partial charge in [0.05, 0.1) is 11.8 Å². The number of carbonyl (C=O) groups excluding carboxylic acids is 1. The summed E-state index contributed by atoms with van der Waals surface area (Å²) in [5.74, 6) is 0.360. The van der Waals surface area contributed by atoms with E-state index in [1.807, 2.05) is 36.4 Å². The van der Waals surface area contributed by atoms with Crippen molar-refractivity contribution in [1.82, 2.24) is 9.69 Å². The standard InChI is InChI=1S/C15H17N3O2S/c19-13(11-6-7-11)9-16-15(20)17-14-8-12(18-21-14)10-4-2-1-3-5-10/h1-5,8,11,13,19H,6-7,9H2,(H2,16,17,20). The quantitative estimate of drug-likeness (QED) is 0.795. The molecule has 1 aliphatic carbocycles. The summed E-state index contributed by atoms with van der Waals surface area (Å²) in [6.45, 7) is 0.293. The second-order valence-electron chi connectivity index (χ2n) is 5.18. The zero-order valence-electron chi connectivity index (χ0n) is 11.5. The molecule has 0 radical (unpaired) electrons. The Labute approximate surface area is 127 Å². The van der Waals surface area contributed by atoms with Crippen LogP contribution in [0.4, 0.5) is 9.80 Å². The summed E-state index contributed by atoms with van der Waals surface area (Å²) < 4.78 is 4.32. The Morgan fingerprint density at radius 3 is 2.86 bits per heavy atom. The van der Waals surface area contributed by atoms with Gasteiger partial charge in [-0.1, -0.05) is 30.3 Å². The van der Waals surface area contributed by atoms with E-state index in [4.69, 9.17) is 0 Å². The zero-order valence-corrected chi connectivity index (χ0v) is 12.3. The number of carbonyl (C=O) groups is 1. The Morgan fingerprint density at radius 2 is 2.14 bits per heavy atom. The molecule has 3 N–H and O–H groups in total. The van der Waals surface area contributed by atoms with E-state index in [0.717, 1.165) is 24.1 Å². The lowest BCUT2D eigenvalue weighted by molar-refractivity contribution is 0.150. The number of hydrogen-bond donors (Lipinski definition) is 3. The second-order valence-corrected chi connectivity index (χ2v) is 5.99. The fourth-order valence-corrected chi connectivity index (χ4v) is 2.74. The van der Waals surface area contributed by atoms with Crippen LogP contribution in [-0.2, 0) is 0 Å². The summed E-state index contributed by atoms with van der Waals surface area (Å²) in [5, 5.41) is 15.8. The summed E-state index contributed by atoms with van der Waals surface area (Å²) in [5.41, 5.74) is 1.86. The molecular weight excluding hydrogens is 286 g/mol. The molecule has 0 aliphatic heterocycles. The van der Waals surface area contributed by atoms with Gasteiger partial charge in [-0.2, -0.15) is 4.37 Å². The summed E-state index contributed by atoms with van der Waals surface area (Å²) in [6.07, 6.45) is 1.68. The molecular formula is C15H17N3O2S. The Kier molecular flexibility index (Phi) is 4.17. The Bertz CT molecular complexity index is 610. The predicted octanol–water partition coefficient (Wildman–Crippen LogP) is 2.70. The number of benzene rings is 1. The maximum Gasteiger partial charge on any atom is 0.319 e. The van der Waals surface area contributed by atoms with E-state index >= 15 is 0 Å². The van der Waals surface area contributed by atoms with Gasteiger partial charge in [-0.3, -0.25) is 5.32 Å². The van der Waals surface area contributed by atoms with Crippen LogP contribution >= 0.6 is 11.5 Å². The van der Waals surface area contributed by atoms with Crippen molar-refractivity contribution in [3.8, 4) is 11.3 Å². The number of anilines is 1. The van der Waals surface area contributed by atoms with Crippen LogP contribution in [0, 0.1) is 5.92 Å². The van der Waals surface area contributed by atoms with Gasteiger partial charge in [-0.15, -0.1) is 0 Å². The molecule has 0 spiro atoms. The van der Waals surface area contributed by atoms with Crippen LogP contribution in [0.2, 0.25) is 0 Å².